The molecule has 1 aromatic carbocycles. The Morgan fingerprint density at radius 3 is 3.06 bits per heavy atom. The maximum atomic E-state index is 11.0. The molecule has 1 aromatic heterocycles. The van der Waals surface area contributed by atoms with Gasteiger partial charge in [-0.05, 0) is 18.2 Å². The molecule has 2 aromatic rings. The molecule has 0 amide bonds. The molecule has 4 nitrogen and oxygen atoms in total. The quantitative estimate of drug-likeness (QED) is 0.488. The van der Waals surface area contributed by atoms with Gasteiger partial charge in [0.15, 0.2) is 5.58 Å². The van der Waals surface area contributed by atoms with Gasteiger partial charge in [0, 0.05) is 16.6 Å². The summed E-state index contributed by atoms with van der Waals surface area (Å²) in [6.45, 7) is 2.15. The third-order valence-corrected chi connectivity index (χ3v) is 3.46. The van der Waals surface area contributed by atoms with Crippen LogP contribution in [0.5, 0.6) is 0 Å². The molecule has 0 bridgehead atoms. The van der Waals surface area contributed by atoms with Gasteiger partial charge in [0.1, 0.15) is 0 Å². The fourth-order valence-electron chi connectivity index (χ4n) is 1.44. The van der Waals surface area contributed by atoms with Crippen LogP contribution in [0.25, 0.3) is 11.1 Å². The maximum absolute atomic E-state index is 11.0. The highest BCUT2D eigenvalue weighted by Crippen LogP contribution is 2.29. The van der Waals surface area contributed by atoms with Crippen molar-refractivity contribution in [3.05, 3.63) is 22.7 Å². The number of hydrogen-bond acceptors (Lipinski definition) is 4. The van der Waals surface area contributed by atoms with Crippen molar-refractivity contribution in [2.45, 2.75) is 24.7 Å². The van der Waals surface area contributed by atoms with E-state index in [-0.39, 0.29) is 0 Å². The zero-order chi connectivity index (χ0) is 11.5. The van der Waals surface area contributed by atoms with E-state index in [2.05, 4.69) is 11.9 Å². The standard InChI is InChI=1S/C11H14N2O2S/c1-2-3-4-16-10-6-8-9(5-7(10)12)15-11(14)13-8/h5-6H,2-4,12H2,1H3,(H,13,14). The Balaban J connectivity index is 2.30. The lowest BCUT2D eigenvalue weighted by molar-refractivity contribution is 0.555. The highest BCUT2D eigenvalue weighted by Gasteiger charge is 2.06. The molecule has 0 aliphatic carbocycles. The second kappa shape index (κ2) is 4.65. The van der Waals surface area contributed by atoms with E-state index >= 15 is 0 Å². The van der Waals surface area contributed by atoms with Crippen LogP contribution in [0.3, 0.4) is 0 Å². The normalized spacial score (nSPS) is 11.1. The second-order valence-electron chi connectivity index (χ2n) is 3.60. The number of nitrogens with two attached hydrogens (primary N) is 1. The van der Waals surface area contributed by atoms with Gasteiger partial charge in [-0.25, -0.2) is 4.79 Å². The minimum absolute atomic E-state index is 0.440. The zero-order valence-corrected chi connectivity index (χ0v) is 9.89. The molecule has 0 saturated heterocycles. The number of anilines is 1. The molecule has 0 radical (unpaired) electrons. The van der Waals surface area contributed by atoms with Crippen molar-refractivity contribution in [2.24, 2.45) is 0 Å². The molecule has 0 aliphatic rings. The average Bonchev–Trinajstić information content (AvgIpc) is 2.58. The highest BCUT2D eigenvalue weighted by atomic mass is 32.2. The van der Waals surface area contributed by atoms with Crippen molar-refractivity contribution in [2.75, 3.05) is 11.5 Å². The molecule has 0 saturated carbocycles. The minimum atomic E-state index is -0.440. The van der Waals surface area contributed by atoms with Gasteiger partial charge in [-0.3, -0.25) is 4.98 Å². The van der Waals surface area contributed by atoms with Crippen molar-refractivity contribution >= 4 is 28.5 Å². The van der Waals surface area contributed by atoms with Crippen molar-refractivity contribution < 1.29 is 4.42 Å². The molecular formula is C11H14N2O2S. The zero-order valence-electron chi connectivity index (χ0n) is 9.08. The lowest BCUT2D eigenvalue weighted by atomic mass is 10.3. The van der Waals surface area contributed by atoms with Crippen LogP contribution in [0.1, 0.15) is 19.8 Å². The number of aromatic nitrogens is 1. The first-order chi connectivity index (χ1) is 7.70. The number of benzene rings is 1. The van der Waals surface area contributed by atoms with Crippen LogP contribution >= 0.6 is 11.8 Å². The van der Waals surface area contributed by atoms with Gasteiger partial charge in [-0.1, -0.05) is 13.3 Å². The van der Waals surface area contributed by atoms with E-state index in [1.165, 1.54) is 0 Å². The van der Waals surface area contributed by atoms with Crippen LogP contribution in [-0.4, -0.2) is 10.7 Å². The number of H-pyrrole nitrogens is 1. The number of rotatable bonds is 4. The van der Waals surface area contributed by atoms with Crippen LogP contribution < -0.4 is 11.5 Å². The molecule has 1 heterocycles. The number of fused-ring (bicyclic) bond motifs is 1. The predicted octanol–water partition coefficient (Wildman–Crippen LogP) is 2.60. The Morgan fingerprint density at radius 2 is 2.31 bits per heavy atom. The first kappa shape index (κ1) is 11.1. The molecule has 0 spiro atoms. The van der Waals surface area contributed by atoms with E-state index in [1.54, 1.807) is 17.8 Å². The summed E-state index contributed by atoms with van der Waals surface area (Å²) in [5.74, 6) is 0.596. The first-order valence-electron chi connectivity index (χ1n) is 5.26. The molecule has 2 rings (SSSR count). The van der Waals surface area contributed by atoms with Crippen molar-refractivity contribution in [3.63, 3.8) is 0 Å². The van der Waals surface area contributed by atoms with Crippen molar-refractivity contribution in [1.29, 1.82) is 0 Å². The Morgan fingerprint density at radius 1 is 1.50 bits per heavy atom. The number of oxazole rings is 1. The number of nitrogen functional groups attached to an aromatic ring is 1. The monoisotopic (exact) mass is 238 g/mol. The van der Waals surface area contributed by atoms with E-state index in [4.69, 9.17) is 10.2 Å². The van der Waals surface area contributed by atoms with Crippen LogP contribution in [0.15, 0.2) is 26.2 Å². The Bertz CT molecular complexity index is 544. The summed E-state index contributed by atoms with van der Waals surface area (Å²) in [7, 11) is 0. The van der Waals surface area contributed by atoms with E-state index < -0.39 is 5.76 Å². The fraction of sp³-hybridized carbons (Fsp3) is 0.364. The number of aromatic amines is 1. The smallest absolute Gasteiger partial charge is 0.408 e. The summed E-state index contributed by atoms with van der Waals surface area (Å²) in [5.41, 5.74) is 7.77. The molecule has 5 heteroatoms. The van der Waals surface area contributed by atoms with Crippen LogP contribution in [-0.2, 0) is 0 Å². The van der Waals surface area contributed by atoms with E-state index in [9.17, 15) is 4.79 Å². The summed E-state index contributed by atoms with van der Waals surface area (Å²) in [6.07, 6.45) is 2.32. The molecule has 0 unspecified atom stereocenters. The van der Waals surface area contributed by atoms with Gasteiger partial charge in [-0.2, -0.15) is 0 Å². The van der Waals surface area contributed by atoms with Crippen molar-refractivity contribution in [3.8, 4) is 0 Å². The Labute approximate surface area is 97.2 Å². The summed E-state index contributed by atoms with van der Waals surface area (Å²) in [4.78, 5) is 14.6. The summed E-state index contributed by atoms with van der Waals surface area (Å²) in [6, 6.07) is 3.57. The fourth-order valence-corrected chi connectivity index (χ4v) is 2.52. The number of unbranched alkanes of at least 4 members (excludes halogenated alkanes) is 1. The molecule has 0 fully saturated rings. The van der Waals surface area contributed by atoms with Crippen LogP contribution in [0.4, 0.5) is 5.69 Å². The second-order valence-corrected chi connectivity index (χ2v) is 4.74. The molecule has 0 atom stereocenters. The molecule has 3 N–H and O–H groups in total. The lowest BCUT2D eigenvalue weighted by Crippen LogP contribution is -1.93. The van der Waals surface area contributed by atoms with Gasteiger partial charge < -0.3 is 10.2 Å². The Hall–Kier alpha value is -1.36. The molecule has 16 heavy (non-hydrogen) atoms. The van der Waals surface area contributed by atoms with Crippen LogP contribution in [0.2, 0.25) is 0 Å². The molecule has 86 valence electrons. The molecule has 0 aliphatic heterocycles. The third kappa shape index (κ3) is 2.24. The van der Waals surface area contributed by atoms with E-state index in [0.717, 1.165) is 23.5 Å². The minimum Gasteiger partial charge on any atom is -0.408 e. The Kier molecular flexibility index (Phi) is 3.24. The van der Waals surface area contributed by atoms with E-state index in [1.807, 2.05) is 6.07 Å². The SMILES string of the molecule is CCCCSc1cc2[nH]c(=O)oc2cc1N. The number of thioether (sulfide) groups is 1. The topological polar surface area (TPSA) is 72.0 Å². The number of hydrogen-bond donors (Lipinski definition) is 2. The average molecular weight is 238 g/mol. The maximum Gasteiger partial charge on any atom is 0.417 e. The predicted molar refractivity (Wildman–Crippen MR) is 66.9 cm³/mol. The van der Waals surface area contributed by atoms with Crippen LogP contribution in [0, 0.1) is 0 Å². The van der Waals surface area contributed by atoms with Gasteiger partial charge in [0.05, 0.1) is 5.52 Å². The van der Waals surface area contributed by atoms with Gasteiger partial charge in [-0.15, -0.1) is 11.8 Å². The highest BCUT2D eigenvalue weighted by molar-refractivity contribution is 7.99. The number of nitrogens with one attached hydrogen (secondary N) is 1. The first-order valence-corrected chi connectivity index (χ1v) is 6.24. The van der Waals surface area contributed by atoms with Gasteiger partial charge in [0.25, 0.3) is 0 Å². The lowest BCUT2D eigenvalue weighted by Gasteiger charge is -2.04. The largest absolute Gasteiger partial charge is 0.417 e. The third-order valence-electron chi connectivity index (χ3n) is 2.31. The van der Waals surface area contributed by atoms with E-state index in [0.29, 0.717) is 16.8 Å². The summed E-state index contributed by atoms with van der Waals surface area (Å²) < 4.78 is 4.93. The van der Waals surface area contributed by atoms with Gasteiger partial charge >= 0.3 is 5.76 Å². The molecular weight excluding hydrogens is 224 g/mol. The van der Waals surface area contributed by atoms with Crippen molar-refractivity contribution in [1.82, 2.24) is 4.98 Å². The summed E-state index contributed by atoms with van der Waals surface area (Å²) in [5, 5.41) is 0. The summed E-state index contributed by atoms with van der Waals surface area (Å²) >= 11 is 1.71. The van der Waals surface area contributed by atoms with Gasteiger partial charge in [0.2, 0.25) is 0 Å².